The summed E-state index contributed by atoms with van der Waals surface area (Å²) in [4.78, 5) is 0.278. The lowest BCUT2D eigenvalue weighted by Gasteiger charge is -2.56. The number of nitrogens with zero attached hydrogens (tertiary/aromatic N) is 1. The van der Waals surface area contributed by atoms with Gasteiger partial charge in [0, 0.05) is 25.2 Å². The molecule has 5 heteroatoms. The number of piperidine rings is 3. The maximum absolute atomic E-state index is 12.0. The quantitative estimate of drug-likeness (QED) is 0.181. The molecule has 0 amide bonds. The van der Waals surface area contributed by atoms with Gasteiger partial charge in [0.15, 0.2) is 4.95 Å². The minimum atomic E-state index is -0.898. The van der Waals surface area contributed by atoms with Crippen LogP contribution < -0.4 is 4.74 Å². The van der Waals surface area contributed by atoms with Gasteiger partial charge in [-0.3, -0.25) is 0 Å². The van der Waals surface area contributed by atoms with Gasteiger partial charge in [0.05, 0.1) is 32.8 Å². The largest absolute Gasteiger partial charge is 0.493 e. The number of aliphatic hydroxyl groups is 1. The second-order valence-electron chi connectivity index (χ2n) is 10.7. The van der Waals surface area contributed by atoms with Crippen LogP contribution in [0.15, 0.2) is 60.7 Å². The number of alkyl halides is 1. The van der Waals surface area contributed by atoms with E-state index in [1.807, 2.05) is 48.5 Å². The van der Waals surface area contributed by atoms with E-state index >= 15 is 0 Å². The molecular weight excluding hydrogens is 490 g/mol. The van der Waals surface area contributed by atoms with E-state index in [2.05, 4.69) is 28.1 Å². The molecule has 184 valence electrons. The van der Waals surface area contributed by atoms with E-state index < -0.39 is 5.60 Å². The Morgan fingerprint density at radius 1 is 0.912 bits per heavy atom. The molecule has 4 nitrogen and oxygen atoms in total. The van der Waals surface area contributed by atoms with E-state index in [4.69, 9.17) is 9.47 Å². The first-order valence-electron chi connectivity index (χ1n) is 13.2. The summed E-state index contributed by atoms with van der Waals surface area (Å²) in [5.74, 6) is 1.81. The second kappa shape index (κ2) is 10.7. The molecule has 0 aromatic heterocycles. The lowest BCUT2D eigenvalue weighted by Crippen LogP contribution is -2.68. The van der Waals surface area contributed by atoms with Crippen LogP contribution in [0.1, 0.15) is 50.5 Å². The predicted molar refractivity (Wildman–Crippen MR) is 139 cm³/mol. The minimum absolute atomic E-state index is 0.147. The summed E-state index contributed by atoms with van der Waals surface area (Å²) in [7, 11) is 0. The molecule has 3 aliphatic heterocycles. The fraction of sp³-hybridized carbons (Fsp3) is 0.586. The van der Waals surface area contributed by atoms with Gasteiger partial charge < -0.3 is 19.1 Å². The molecule has 1 aliphatic carbocycles. The molecule has 3 atom stereocenters. The normalized spacial score (nSPS) is 30.8. The van der Waals surface area contributed by atoms with Crippen molar-refractivity contribution in [1.82, 2.24) is 0 Å². The Bertz CT molecular complexity index is 896. The topological polar surface area (TPSA) is 38.7 Å². The third kappa shape index (κ3) is 4.95. The molecule has 1 unspecified atom stereocenters. The average molecular weight is 530 g/mol. The number of para-hydroxylation sites is 1. The van der Waals surface area contributed by atoms with Crippen molar-refractivity contribution in [3.05, 3.63) is 66.2 Å². The van der Waals surface area contributed by atoms with Crippen LogP contribution >= 0.6 is 15.9 Å². The molecular formula is C29H39BrNO3+. The summed E-state index contributed by atoms with van der Waals surface area (Å²) in [6.07, 6.45) is 8.18. The lowest BCUT2D eigenvalue weighted by molar-refractivity contribution is -0.955. The number of quaternary nitrogens is 1. The number of ether oxygens (including phenoxy) is 2. The third-order valence-corrected chi connectivity index (χ3v) is 10.1. The Balaban J connectivity index is 1.23. The van der Waals surface area contributed by atoms with Crippen LogP contribution in [0.5, 0.6) is 5.75 Å². The van der Waals surface area contributed by atoms with Gasteiger partial charge in [0.1, 0.15) is 17.5 Å². The molecule has 1 N–H and O–H groups in total. The Hall–Kier alpha value is -1.40. The van der Waals surface area contributed by atoms with Crippen molar-refractivity contribution in [3.63, 3.8) is 0 Å². The van der Waals surface area contributed by atoms with E-state index in [9.17, 15) is 5.11 Å². The van der Waals surface area contributed by atoms with Crippen molar-refractivity contribution in [2.75, 3.05) is 32.8 Å². The van der Waals surface area contributed by atoms with Crippen LogP contribution in [0.4, 0.5) is 0 Å². The van der Waals surface area contributed by atoms with Crippen molar-refractivity contribution in [1.29, 1.82) is 0 Å². The highest BCUT2D eigenvalue weighted by molar-refractivity contribution is 9.09. The summed E-state index contributed by atoms with van der Waals surface area (Å²) in [5.41, 5.74) is 0.112. The third-order valence-electron chi connectivity index (χ3n) is 8.71. The average Bonchev–Trinajstić information content (AvgIpc) is 3.44. The number of fused-ring (bicyclic) bond motifs is 3. The molecule has 0 radical (unpaired) electrons. The lowest BCUT2D eigenvalue weighted by atomic mass is 9.80. The smallest absolute Gasteiger partial charge is 0.171 e. The van der Waals surface area contributed by atoms with E-state index in [1.54, 1.807) is 0 Å². The number of benzene rings is 2. The minimum Gasteiger partial charge on any atom is -0.493 e. The summed E-state index contributed by atoms with van der Waals surface area (Å²) >= 11 is 4.10. The monoisotopic (exact) mass is 528 g/mol. The molecule has 2 aromatic rings. The van der Waals surface area contributed by atoms with Crippen molar-refractivity contribution < 1.29 is 19.1 Å². The van der Waals surface area contributed by atoms with Crippen LogP contribution in [-0.4, -0.2) is 53.5 Å². The molecule has 4 fully saturated rings. The van der Waals surface area contributed by atoms with Gasteiger partial charge in [-0.15, -0.1) is 0 Å². The molecule has 2 aromatic carbocycles. The molecule has 4 aliphatic rings. The van der Waals surface area contributed by atoms with Crippen molar-refractivity contribution in [2.24, 2.45) is 11.8 Å². The zero-order valence-corrected chi connectivity index (χ0v) is 21.7. The first-order chi connectivity index (χ1) is 16.6. The van der Waals surface area contributed by atoms with Crippen LogP contribution in [0.2, 0.25) is 0 Å². The Labute approximate surface area is 213 Å². The van der Waals surface area contributed by atoms with Gasteiger partial charge in [-0.2, -0.15) is 0 Å². The van der Waals surface area contributed by atoms with Gasteiger partial charge in [-0.25, -0.2) is 0 Å². The van der Waals surface area contributed by atoms with Gasteiger partial charge in [0.25, 0.3) is 0 Å². The summed E-state index contributed by atoms with van der Waals surface area (Å²) in [6, 6.07) is 20.3. The van der Waals surface area contributed by atoms with Crippen LogP contribution in [0.25, 0.3) is 0 Å². The molecule has 3 heterocycles. The van der Waals surface area contributed by atoms with Crippen molar-refractivity contribution in [3.8, 4) is 5.75 Å². The molecule has 1 saturated carbocycles. The van der Waals surface area contributed by atoms with Gasteiger partial charge in [-0.05, 0) is 52.4 Å². The van der Waals surface area contributed by atoms with E-state index in [-0.39, 0.29) is 17.0 Å². The molecule has 6 rings (SSSR count). The SMILES string of the molecule is OC(CO[C@H]1C2CC[N+](CCCOc3ccccc3)(CC2)[C@H]1Br)(c1ccccc1)C1CCCC1. The summed E-state index contributed by atoms with van der Waals surface area (Å²) in [6.45, 7) is 4.64. The molecule has 2 bridgehead atoms. The second-order valence-corrected chi connectivity index (χ2v) is 11.6. The number of hydrogen-bond donors (Lipinski definition) is 1. The van der Waals surface area contributed by atoms with Gasteiger partial charge in [-0.1, -0.05) is 61.4 Å². The van der Waals surface area contributed by atoms with E-state index in [0.29, 0.717) is 12.5 Å². The zero-order valence-electron chi connectivity index (χ0n) is 20.2. The summed E-state index contributed by atoms with van der Waals surface area (Å²) < 4.78 is 13.8. The van der Waals surface area contributed by atoms with Crippen molar-refractivity contribution in [2.45, 2.75) is 61.6 Å². The van der Waals surface area contributed by atoms with Crippen LogP contribution in [0, 0.1) is 11.8 Å². The highest BCUT2D eigenvalue weighted by Crippen LogP contribution is 2.45. The predicted octanol–water partition coefficient (Wildman–Crippen LogP) is 5.88. The number of rotatable bonds is 10. The highest BCUT2D eigenvalue weighted by atomic mass is 79.9. The van der Waals surface area contributed by atoms with Gasteiger partial charge >= 0.3 is 0 Å². The van der Waals surface area contributed by atoms with Crippen molar-refractivity contribution >= 4 is 15.9 Å². The Morgan fingerprint density at radius 2 is 1.56 bits per heavy atom. The van der Waals surface area contributed by atoms with Crippen LogP contribution in [0.3, 0.4) is 0 Å². The molecule has 3 saturated heterocycles. The molecule has 34 heavy (non-hydrogen) atoms. The standard InChI is InChI=1S/C29H39BrNO3/c30-28-27(34-22-29(32,25-12-7-8-13-25)24-10-3-1-4-11-24)23-16-19-31(28,20-17-23)18-9-21-33-26-14-5-2-6-15-26/h1-6,10-11,14-15,23,25,27-28,32H,7-9,12-13,16-22H2/q+1/t23?,27-,28+,29?,31?/m0/s1. The first-order valence-corrected chi connectivity index (χ1v) is 14.1. The number of halogens is 1. The molecule has 0 spiro atoms. The zero-order chi connectivity index (χ0) is 23.4. The highest BCUT2D eigenvalue weighted by Gasteiger charge is 2.54. The van der Waals surface area contributed by atoms with Gasteiger partial charge in [0.2, 0.25) is 0 Å². The number of hydrogen-bond acceptors (Lipinski definition) is 3. The maximum Gasteiger partial charge on any atom is 0.171 e. The van der Waals surface area contributed by atoms with E-state index in [1.165, 1.54) is 38.8 Å². The Morgan fingerprint density at radius 3 is 2.24 bits per heavy atom. The van der Waals surface area contributed by atoms with E-state index in [0.717, 1.165) is 48.2 Å². The summed E-state index contributed by atoms with van der Waals surface area (Å²) in [5, 5.41) is 12.0. The fourth-order valence-electron chi connectivity index (χ4n) is 6.65. The fourth-order valence-corrected chi connectivity index (χ4v) is 7.85. The first kappa shape index (κ1) is 24.3. The maximum atomic E-state index is 12.0. The van der Waals surface area contributed by atoms with Crippen LogP contribution in [-0.2, 0) is 10.3 Å². The Kier molecular flexibility index (Phi) is 7.64.